The molecule has 2 aromatic rings. The largest absolute Gasteiger partial charge is 0.491 e. The quantitative estimate of drug-likeness (QED) is 0.785. The highest BCUT2D eigenvalue weighted by molar-refractivity contribution is 14.1. The molecule has 0 saturated carbocycles. The standard InChI is InChI=1S/C15H15FINO/c1-2-19-15-8-7-13(9-14(15)16)18-10-11-3-5-12(17)6-4-11/h3-9,18H,2,10H2,1H3. The topological polar surface area (TPSA) is 21.3 Å². The van der Waals surface area contributed by atoms with Crippen LogP contribution in [0.1, 0.15) is 12.5 Å². The maximum Gasteiger partial charge on any atom is 0.167 e. The predicted octanol–water partition coefficient (Wildman–Crippen LogP) is 4.44. The lowest BCUT2D eigenvalue weighted by atomic mass is 10.2. The Morgan fingerprint density at radius 1 is 1.16 bits per heavy atom. The molecule has 0 aliphatic carbocycles. The Morgan fingerprint density at radius 2 is 1.89 bits per heavy atom. The molecule has 0 fully saturated rings. The lowest BCUT2D eigenvalue weighted by Crippen LogP contribution is -2.01. The van der Waals surface area contributed by atoms with Gasteiger partial charge in [-0.15, -0.1) is 0 Å². The van der Waals surface area contributed by atoms with Gasteiger partial charge in [-0.1, -0.05) is 12.1 Å². The van der Waals surface area contributed by atoms with Crippen molar-refractivity contribution >= 4 is 28.3 Å². The van der Waals surface area contributed by atoms with Crippen LogP contribution >= 0.6 is 22.6 Å². The molecule has 2 rings (SSSR count). The first kappa shape index (κ1) is 14.1. The van der Waals surface area contributed by atoms with E-state index in [9.17, 15) is 4.39 Å². The van der Waals surface area contributed by atoms with Crippen LogP contribution in [0, 0.1) is 9.39 Å². The molecule has 0 heterocycles. The van der Waals surface area contributed by atoms with Crippen molar-refractivity contribution in [1.29, 1.82) is 0 Å². The molecule has 0 aliphatic heterocycles. The van der Waals surface area contributed by atoms with Crippen molar-refractivity contribution in [3.05, 3.63) is 57.4 Å². The van der Waals surface area contributed by atoms with Crippen LogP contribution in [0.3, 0.4) is 0 Å². The van der Waals surface area contributed by atoms with Gasteiger partial charge in [0.1, 0.15) is 0 Å². The van der Waals surface area contributed by atoms with Gasteiger partial charge in [0.15, 0.2) is 11.6 Å². The molecule has 0 aliphatic rings. The van der Waals surface area contributed by atoms with Crippen molar-refractivity contribution in [3.63, 3.8) is 0 Å². The van der Waals surface area contributed by atoms with E-state index >= 15 is 0 Å². The molecule has 0 unspecified atom stereocenters. The summed E-state index contributed by atoms with van der Waals surface area (Å²) < 4.78 is 20.0. The Morgan fingerprint density at radius 3 is 2.53 bits per heavy atom. The highest BCUT2D eigenvalue weighted by Crippen LogP contribution is 2.21. The monoisotopic (exact) mass is 371 g/mol. The van der Waals surface area contributed by atoms with Gasteiger partial charge >= 0.3 is 0 Å². The molecule has 0 spiro atoms. The van der Waals surface area contributed by atoms with Gasteiger partial charge in [-0.05, 0) is 59.3 Å². The highest BCUT2D eigenvalue weighted by atomic mass is 127. The Balaban J connectivity index is 1.99. The van der Waals surface area contributed by atoms with E-state index in [1.165, 1.54) is 9.64 Å². The van der Waals surface area contributed by atoms with E-state index < -0.39 is 0 Å². The average Bonchev–Trinajstić information content (AvgIpc) is 2.41. The summed E-state index contributed by atoms with van der Waals surface area (Å²) in [6.45, 7) is 2.97. The van der Waals surface area contributed by atoms with Crippen LogP contribution in [0.4, 0.5) is 10.1 Å². The number of nitrogens with one attached hydrogen (secondary N) is 1. The van der Waals surface area contributed by atoms with E-state index in [1.54, 1.807) is 6.07 Å². The zero-order chi connectivity index (χ0) is 13.7. The summed E-state index contributed by atoms with van der Waals surface area (Å²) in [5.41, 5.74) is 1.91. The maximum absolute atomic E-state index is 13.6. The second-order valence-electron chi connectivity index (χ2n) is 4.06. The minimum absolute atomic E-state index is 0.294. The second kappa shape index (κ2) is 6.75. The van der Waals surface area contributed by atoms with Crippen molar-refractivity contribution in [1.82, 2.24) is 0 Å². The van der Waals surface area contributed by atoms with Crippen molar-refractivity contribution in [2.24, 2.45) is 0 Å². The summed E-state index contributed by atoms with van der Waals surface area (Å²) in [5, 5.41) is 3.19. The van der Waals surface area contributed by atoms with Crippen LogP contribution in [0.5, 0.6) is 5.75 Å². The van der Waals surface area contributed by atoms with Gasteiger partial charge < -0.3 is 10.1 Å². The normalized spacial score (nSPS) is 10.3. The highest BCUT2D eigenvalue weighted by Gasteiger charge is 2.03. The van der Waals surface area contributed by atoms with Gasteiger partial charge in [0.05, 0.1) is 6.61 Å². The first-order valence-corrected chi connectivity index (χ1v) is 7.17. The van der Waals surface area contributed by atoms with Crippen molar-refractivity contribution in [2.45, 2.75) is 13.5 Å². The van der Waals surface area contributed by atoms with Crippen LogP contribution in [0.2, 0.25) is 0 Å². The fourth-order valence-electron chi connectivity index (χ4n) is 1.69. The summed E-state index contributed by atoms with van der Waals surface area (Å²) in [4.78, 5) is 0. The number of hydrogen-bond acceptors (Lipinski definition) is 2. The Kier molecular flexibility index (Phi) is 5.01. The Bertz CT molecular complexity index is 542. The van der Waals surface area contributed by atoms with Crippen LogP contribution in [0.25, 0.3) is 0 Å². The summed E-state index contributed by atoms with van der Waals surface area (Å²) >= 11 is 2.27. The molecule has 1 N–H and O–H groups in total. The van der Waals surface area contributed by atoms with Gasteiger partial charge in [0.25, 0.3) is 0 Å². The molecular formula is C15H15FINO. The smallest absolute Gasteiger partial charge is 0.167 e. The molecule has 0 aromatic heterocycles. The lowest BCUT2D eigenvalue weighted by Gasteiger charge is -2.09. The molecule has 0 saturated heterocycles. The minimum atomic E-state index is -0.338. The molecule has 100 valence electrons. The molecule has 2 aromatic carbocycles. The summed E-state index contributed by atoms with van der Waals surface area (Å²) in [7, 11) is 0. The zero-order valence-corrected chi connectivity index (χ0v) is 12.8. The predicted molar refractivity (Wildman–Crippen MR) is 84.1 cm³/mol. The number of hydrogen-bond donors (Lipinski definition) is 1. The third-order valence-corrected chi connectivity index (χ3v) is 3.36. The number of ether oxygens (including phenoxy) is 1. The fraction of sp³-hybridized carbons (Fsp3) is 0.200. The zero-order valence-electron chi connectivity index (χ0n) is 10.6. The van der Waals surface area contributed by atoms with Gasteiger partial charge in [0, 0.05) is 21.9 Å². The molecule has 4 heteroatoms. The number of anilines is 1. The van der Waals surface area contributed by atoms with Gasteiger partial charge in [-0.3, -0.25) is 0 Å². The van der Waals surface area contributed by atoms with Crippen LogP contribution in [-0.2, 0) is 6.54 Å². The van der Waals surface area contributed by atoms with E-state index in [4.69, 9.17) is 4.74 Å². The molecule has 0 amide bonds. The van der Waals surface area contributed by atoms with Crippen LogP contribution < -0.4 is 10.1 Å². The van der Waals surface area contributed by atoms with Crippen LogP contribution in [0.15, 0.2) is 42.5 Å². The molecule has 0 atom stereocenters. The second-order valence-corrected chi connectivity index (χ2v) is 5.30. The van der Waals surface area contributed by atoms with Gasteiger partial charge in [-0.25, -0.2) is 4.39 Å². The lowest BCUT2D eigenvalue weighted by molar-refractivity contribution is 0.321. The fourth-order valence-corrected chi connectivity index (χ4v) is 2.05. The molecule has 19 heavy (non-hydrogen) atoms. The molecule has 0 radical (unpaired) electrons. The van der Waals surface area contributed by atoms with E-state index in [0.29, 0.717) is 18.9 Å². The van der Waals surface area contributed by atoms with E-state index in [2.05, 4.69) is 52.2 Å². The SMILES string of the molecule is CCOc1ccc(NCc2ccc(I)cc2)cc1F. The number of benzene rings is 2. The average molecular weight is 371 g/mol. The number of rotatable bonds is 5. The Hall–Kier alpha value is -1.30. The summed E-state index contributed by atoms with van der Waals surface area (Å²) in [6, 6.07) is 13.1. The number of halogens is 2. The van der Waals surface area contributed by atoms with Crippen molar-refractivity contribution < 1.29 is 9.13 Å². The molecule has 2 nitrogen and oxygen atoms in total. The Labute approximate surface area is 126 Å². The summed E-state index contributed by atoms with van der Waals surface area (Å²) in [6.07, 6.45) is 0. The van der Waals surface area contributed by atoms with E-state index in [1.807, 2.05) is 13.0 Å². The van der Waals surface area contributed by atoms with Crippen molar-refractivity contribution in [2.75, 3.05) is 11.9 Å². The van der Waals surface area contributed by atoms with Gasteiger partial charge in [0.2, 0.25) is 0 Å². The van der Waals surface area contributed by atoms with E-state index in [0.717, 1.165) is 11.3 Å². The minimum Gasteiger partial charge on any atom is -0.491 e. The van der Waals surface area contributed by atoms with Gasteiger partial charge in [-0.2, -0.15) is 0 Å². The third-order valence-electron chi connectivity index (χ3n) is 2.64. The van der Waals surface area contributed by atoms with Crippen molar-refractivity contribution in [3.8, 4) is 5.75 Å². The van der Waals surface area contributed by atoms with Crippen LogP contribution in [-0.4, -0.2) is 6.61 Å². The van der Waals surface area contributed by atoms with E-state index in [-0.39, 0.29) is 5.82 Å². The first-order chi connectivity index (χ1) is 9.19. The third kappa shape index (κ3) is 4.09. The maximum atomic E-state index is 13.6. The molecule has 0 bridgehead atoms. The molecular weight excluding hydrogens is 356 g/mol. The summed E-state index contributed by atoms with van der Waals surface area (Å²) in [5.74, 6) is -0.0447. The first-order valence-electron chi connectivity index (χ1n) is 6.09.